The SMILES string of the molecule is CS(=O)(=O)NCCCNC1CC(c2ccc(Br)cc2)C1. The van der Waals surface area contributed by atoms with E-state index in [1.54, 1.807) is 0 Å². The fourth-order valence-electron chi connectivity index (χ4n) is 2.44. The monoisotopic (exact) mass is 360 g/mol. The van der Waals surface area contributed by atoms with Crippen molar-refractivity contribution in [1.29, 1.82) is 0 Å². The van der Waals surface area contributed by atoms with Crippen LogP contribution in [0.3, 0.4) is 0 Å². The molecule has 1 aromatic carbocycles. The number of benzene rings is 1. The fraction of sp³-hybridized carbons (Fsp3) is 0.571. The molecular formula is C14H21BrN2O2S. The maximum Gasteiger partial charge on any atom is 0.208 e. The molecule has 20 heavy (non-hydrogen) atoms. The highest BCUT2D eigenvalue weighted by Crippen LogP contribution is 2.37. The highest BCUT2D eigenvalue weighted by atomic mass is 79.9. The van der Waals surface area contributed by atoms with Gasteiger partial charge in [-0.05, 0) is 49.4 Å². The van der Waals surface area contributed by atoms with Crippen molar-refractivity contribution in [1.82, 2.24) is 10.0 Å². The van der Waals surface area contributed by atoms with Crippen molar-refractivity contribution in [3.8, 4) is 0 Å². The number of halogens is 1. The van der Waals surface area contributed by atoms with Gasteiger partial charge in [0.25, 0.3) is 0 Å². The van der Waals surface area contributed by atoms with Crippen LogP contribution >= 0.6 is 15.9 Å². The minimum Gasteiger partial charge on any atom is -0.314 e. The standard InChI is InChI=1S/C14H21BrN2O2S/c1-20(18,19)17-8-2-7-16-14-9-12(10-14)11-3-5-13(15)6-4-11/h3-6,12,14,16-17H,2,7-10H2,1H3. The molecule has 0 heterocycles. The Labute approximate surface area is 129 Å². The average Bonchev–Trinajstić information content (AvgIpc) is 2.31. The van der Waals surface area contributed by atoms with Crippen molar-refractivity contribution >= 4 is 26.0 Å². The topological polar surface area (TPSA) is 58.2 Å². The van der Waals surface area contributed by atoms with Crippen LogP contribution in [-0.2, 0) is 10.0 Å². The first kappa shape index (κ1) is 15.9. The lowest BCUT2D eigenvalue weighted by Crippen LogP contribution is -2.41. The van der Waals surface area contributed by atoms with Crippen LogP contribution in [-0.4, -0.2) is 33.8 Å². The Hall–Kier alpha value is -0.430. The van der Waals surface area contributed by atoms with Gasteiger partial charge in [-0.1, -0.05) is 28.1 Å². The van der Waals surface area contributed by atoms with E-state index >= 15 is 0 Å². The number of hydrogen-bond donors (Lipinski definition) is 2. The zero-order chi connectivity index (χ0) is 14.6. The van der Waals surface area contributed by atoms with E-state index in [-0.39, 0.29) is 0 Å². The predicted octanol–water partition coefficient (Wildman–Crippen LogP) is 2.22. The summed E-state index contributed by atoms with van der Waals surface area (Å²) in [4.78, 5) is 0. The van der Waals surface area contributed by atoms with E-state index in [4.69, 9.17) is 0 Å². The van der Waals surface area contributed by atoms with Crippen molar-refractivity contribution in [2.45, 2.75) is 31.2 Å². The quantitative estimate of drug-likeness (QED) is 0.733. The van der Waals surface area contributed by atoms with Gasteiger partial charge in [-0.25, -0.2) is 13.1 Å². The summed E-state index contributed by atoms with van der Waals surface area (Å²) < 4.78 is 25.4. The molecule has 6 heteroatoms. The summed E-state index contributed by atoms with van der Waals surface area (Å²) in [6.45, 7) is 1.37. The van der Waals surface area contributed by atoms with E-state index in [9.17, 15) is 8.42 Å². The largest absolute Gasteiger partial charge is 0.314 e. The summed E-state index contributed by atoms with van der Waals surface area (Å²) in [6, 6.07) is 9.11. The Kier molecular flexibility index (Phi) is 5.60. The second kappa shape index (κ2) is 7.02. The molecule has 1 aromatic rings. The molecule has 0 unspecified atom stereocenters. The lowest BCUT2D eigenvalue weighted by Gasteiger charge is -2.36. The molecule has 1 fully saturated rings. The molecule has 0 atom stereocenters. The van der Waals surface area contributed by atoms with E-state index < -0.39 is 10.0 Å². The van der Waals surface area contributed by atoms with Gasteiger partial charge in [0.2, 0.25) is 10.0 Å². The van der Waals surface area contributed by atoms with Gasteiger partial charge in [0.1, 0.15) is 0 Å². The summed E-state index contributed by atoms with van der Waals surface area (Å²) in [5.41, 5.74) is 1.41. The molecular weight excluding hydrogens is 340 g/mol. The third-order valence-electron chi connectivity index (χ3n) is 3.63. The van der Waals surface area contributed by atoms with E-state index in [1.807, 2.05) is 0 Å². The van der Waals surface area contributed by atoms with Gasteiger partial charge in [0.15, 0.2) is 0 Å². The van der Waals surface area contributed by atoms with Crippen LogP contribution in [0.25, 0.3) is 0 Å². The van der Waals surface area contributed by atoms with Gasteiger partial charge < -0.3 is 5.32 Å². The van der Waals surface area contributed by atoms with Gasteiger partial charge in [0, 0.05) is 17.1 Å². The van der Waals surface area contributed by atoms with Crippen LogP contribution in [0.5, 0.6) is 0 Å². The lowest BCUT2D eigenvalue weighted by molar-refractivity contribution is 0.291. The molecule has 1 saturated carbocycles. The number of rotatable bonds is 7. The van der Waals surface area contributed by atoms with E-state index in [2.05, 4.69) is 50.2 Å². The van der Waals surface area contributed by atoms with Crippen molar-refractivity contribution in [3.05, 3.63) is 34.3 Å². The first-order valence-corrected chi connectivity index (χ1v) is 9.56. The molecule has 1 aliphatic carbocycles. The molecule has 1 aliphatic rings. The van der Waals surface area contributed by atoms with Crippen molar-refractivity contribution < 1.29 is 8.42 Å². The van der Waals surface area contributed by atoms with Crippen LogP contribution < -0.4 is 10.0 Å². The molecule has 0 amide bonds. The van der Waals surface area contributed by atoms with Crippen molar-refractivity contribution in [3.63, 3.8) is 0 Å². The van der Waals surface area contributed by atoms with E-state index in [0.29, 0.717) is 18.5 Å². The van der Waals surface area contributed by atoms with Crippen molar-refractivity contribution in [2.24, 2.45) is 0 Å². The van der Waals surface area contributed by atoms with Crippen LogP contribution in [0, 0.1) is 0 Å². The Morgan fingerprint density at radius 3 is 2.45 bits per heavy atom. The van der Waals surface area contributed by atoms with Gasteiger partial charge in [0.05, 0.1) is 6.26 Å². The van der Waals surface area contributed by atoms with Gasteiger partial charge in [-0.15, -0.1) is 0 Å². The third kappa shape index (κ3) is 5.16. The van der Waals surface area contributed by atoms with Gasteiger partial charge >= 0.3 is 0 Å². The fourth-order valence-corrected chi connectivity index (χ4v) is 3.22. The summed E-state index contributed by atoms with van der Waals surface area (Å²) in [5.74, 6) is 0.662. The highest BCUT2D eigenvalue weighted by molar-refractivity contribution is 9.10. The van der Waals surface area contributed by atoms with E-state index in [1.165, 1.54) is 24.7 Å². The highest BCUT2D eigenvalue weighted by Gasteiger charge is 2.29. The second-order valence-electron chi connectivity index (χ2n) is 5.39. The molecule has 0 radical (unpaired) electrons. The minimum absolute atomic E-state index is 0.509. The average molecular weight is 361 g/mol. The summed E-state index contributed by atoms with van der Waals surface area (Å²) in [7, 11) is -3.05. The predicted molar refractivity (Wildman–Crippen MR) is 85.4 cm³/mol. The summed E-state index contributed by atoms with van der Waals surface area (Å²) in [5, 5.41) is 3.47. The maximum atomic E-state index is 10.9. The Balaban J connectivity index is 1.59. The third-order valence-corrected chi connectivity index (χ3v) is 4.89. The molecule has 0 spiro atoms. The Morgan fingerprint density at radius 1 is 1.20 bits per heavy atom. The second-order valence-corrected chi connectivity index (χ2v) is 8.14. The minimum atomic E-state index is -3.05. The number of nitrogens with one attached hydrogen (secondary N) is 2. The smallest absolute Gasteiger partial charge is 0.208 e. The molecule has 2 N–H and O–H groups in total. The van der Waals surface area contributed by atoms with Gasteiger partial charge in [-0.2, -0.15) is 0 Å². The first-order valence-electron chi connectivity index (χ1n) is 6.87. The van der Waals surface area contributed by atoms with Crippen LogP contribution in [0.15, 0.2) is 28.7 Å². The molecule has 0 bridgehead atoms. The summed E-state index contributed by atoms with van der Waals surface area (Å²) >= 11 is 3.45. The van der Waals surface area contributed by atoms with Crippen LogP contribution in [0.2, 0.25) is 0 Å². The number of sulfonamides is 1. The first-order chi connectivity index (χ1) is 9.44. The zero-order valence-corrected chi connectivity index (χ0v) is 14.0. The molecule has 0 aliphatic heterocycles. The number of hydrogen-bond acceptors (Lipinski definition) is 3. The zero-order valence-electron chi connectivity index (χ0n) is 11.6. The molecule has 2 rings (SSSR count). The van der Waals surface area contributed by atoms with Crippen molar-refractivity contribution in [2.75, 3.05) is 19.3 Å². The molecule has 4 nitrogen and oxygen atoms in total. The Bertz CT molecular complexity index is 525. The lowest BCUT2D eigenvalue weighted by atomic mass is 9.76. The Morgan fingerprint density at radius 2 is 1.85 bits per heavy atom. The molecule has 0 saturated heterocycles. The normalized spacial score (nSPS) is 22.5. The maximum absolute atomic E-state index is 10.9. The molecule has 112 valence electrons. The molecule has 0 aromatic heterocycles. The van der Waals surface area contributed by atoms with Gasteiger partial charge in [-0.3, -0.25) is 0 Å². The van der Waals surface area contributed by atoms with E-state index in [0.717, 1.165) is 17.4 Å². The van der Waals surface area contributed by atoms with Crippen LogP contribution in [0.4, 0.5) is 0 Å². The van der Waals surface area contributed by atoms with Crippen LogP contribution in [0.1, 0.15) is 30.7 Å². The summed E-state index contributed by atoms with van der Waals surface area (Å²) in [6.07, 6.45) is 4.35.